The molecule has 2 aromatic heterocycles. The Morgan fingerprint density at radius 3 is 2.21 bits per heavy atom. The summed E-state index contributed by atoms with van der Waals surface area (Å²) in [7, 11) is 5.23. The second kappa shape index (κ2) is 14.3. The van der Waals surface area contributed by atoms with Crippen molar-refractivity contribution in [1.82, 2.24) is 29.6 Å². The molecule has 1 saturated carbocycles. The van der Waals surface area contributed by atoms with E-state index in [2.05, 4.69) is 49.2 Å². The first-order valence-corrected chi connectivity index (χ1v) is 22.0. The van der Waals surface area contributed by atoms with E-state index in [0.29, 0.717) is 40.7 Å². The number of benzene rings is 2. The molecular weight excluding hydrogens is 773 g/mol. The number of fused-ring (bicyclic) bond motifs is 2. The second-order valence-electron chi connectivity index (χ2n) is 19.2. The van der Waals surface area contributed by atoms with Gasteiger partial charge in [0, 0.05) is 118 Å². The average Bonchev–Trinajstić information content (AvgIpc) is 3.97. The van der Waals surface area contributed by atoms with E-state index in [-0.39, 0.29) is 29.7 Å². The number of pyridine rings is 2. The minimum absolute atomic E-state index is 0.0593. The van der Waals surface area contributed by atoms with Crippen molar-refractivity contribution in [3.8, 4) is 22.6 Å². The Balaban J connectivity index is 0.693. The Morgan fingerprint density at radius 1 is 0.820 bits per heavy atom. The first kappa shape index (κ1) is 38.5. The number of methoxy groups -OCH3 is 2. The number of ether oxygens (including phenoxy) is 2. The molecule has 6 fully saturated rings. The third-order valence-electron chi connectivity index (χ3n) is 15.1. The highest BCUT2D eigenvalue weighted by atomic mass is 16.5. The quantitative estimate of drug-likeness (QED) is 0.233. The van der Waals surface area contributed by atoms with E-state index in [1.165, 1.54) is 25.7 Å². The van der Waals surface area contributed by atoms with Gasteiger partial charge in [-0.3, -0.25) is 29.4 Å². The number of carbonyl (C=O) groups excluding carboxylic acids is 3. The molecule has 14 heteroatoms. The van der Waals surface area contributed by atoms with Gasteiger partial charge in [0.2, 0.25) is 11.8 Å². The van der Waals surface area contributed by atoms with Crippen molar-refractivity contribution in [2.75, 3.05) is 82.9 Å². The standard InChI is InChI=1S/C47H54N8O6/c1-50-23-36(34-17-41(48-18-35(34)44(50)58)54-27-46(28-54)8-9-46)31-14-39(60-2)37(40(15-31)61-3)24-52-20-29(21-52)19-51-12-10-47(11-13-51)25-53(26-47)32-5-4-30-22-55(45(59)33(30)16-32)38-6-7-42(56)49-43(38)57/h4-5,14-18,23,29,38H,6-13,19-22,24-28H2,1-3H3,(H,49,56,57). The molecule has 61 heavy (non-hydrogen) atoms. The van der Waals surface area contributed by atoms with Crippen LogP contribution in [0.25, 0.3) is 21.9 Å². The van der Waals surface area contributed by atoms with Crippen molar-refractivity contribution in [3.05, 3.63) is 75.8 Å². The van der Waals surface area contributed by atoms with Crippen LogP contribution in [0.15, 0.2) is 53.6 Å². The second-order valence-corrected chi connectivity index (χ2v) is 19.2. The maximum absolute atomic E-state index is 13.4. The van der Waals surface area contributed by atoms with Crippen LogP contribution in [-0.2, 0) is 29.7 Å². The molecule has 1 aliphatic carbocycles. The number of amides is 3. The molecule has 3 amide bonds. The van der Waals surface area contributed by atoms with E-state index in [4.69, 9.17) is 14.5 Å². The Bertz CT molecular complexity index is 2510. The Morgan fingerprint density at radius 2 is 1.52 bits per heavy atom. The lowest BCUT2D eigenvalue weighted by atomic mass is 9.71. The first-order valence-electron chi connectivity index (χ1n) is 22.0. The molecule has 4 aromatic rings. The van der Waals surface area contributed by atoms with Crippen molar-refractivity contribution >= 4 is 40.0 Å². The van der Waals surface area contributed by atoms with E-state index in [9.17, 15) is 19.2 Å². The van der Waals surface area contributed by atoms with Crippen LogP contribution < -0.4 is 30.1 Å². The number of nitrogens with one attached hydrogen (secondary N) is 1. The number of imide groups is 1. The summed E-state index contributed by atoms with van der Waals surface area (Å²) in [5, 5.41) is 3.89. The molecule has 2 aromatic carbocycles. The van der Waals surface area contributed by atoms with Gasteiger partial charge >= 0.3 is 0 Å². The van der Waals surface area contributed by atoms with Gasteiger partial charge in [0.25, 0.3) is 11.5 Å². The maximum Gasteiger partial charge on any atom is 0.259 e. The summed E-state index contributed by atoms with van der Waals surface area (Å²) in [4.78, 5) is 67.0. The van der Waals surface area contributed by atoms with Gasteiger partial charge in [-0.05, 0) is 92.6 Å². The van der Waals surface area contributed by atoms with E-state index >= 15 is 0 Å². The van der Waals surface area contributed by atoms with E-state index in [1.807, 2.05) is 18.3 Å². The molecule has 1 N–H and O–H groups in total. The number of piperidine rings is 2. The highest BCUT2D eigenvalue weighted by molar-refractivity contribution is 6.05. The SMILES string of the molecule is COc1cc(-c2cn(C)c(=O)c3cnc(N4CC5(CC5)C4)cc23)cc(OC)c1CN1CC(CN2CCC3(CC2)CN(c2ccc4c(c2)C(=O)N(C2CCC(=O)NC2=O)C4)C3)C1. The van der Waals surface area contributed by atoms with Crippen LogP contribution in [0.1, 0.15) is 60.0 Å². The molecule has 0 bridgehead atoms. The molecule has 14 nitrogen and oxygen atoms in total. The fraction of sp³-hybridized carbons (Fsp3) is 0.511. The van der Waals surface area contributed by atoms with Crippen LogP contribution in [0, 0.1) is 16.7 Å². The number of carbonyl (C=O) groups is 3. The van der Waals surface area contributed by atoms with Gasteiger partial charge in [0.15, 0.2) is 0 Å². The van der Waals surface area contributed by atoms with E-state index in [0.717, 1.165) is 116 Å². The maximum atomic E-state index is 13.4. The number of hydrogen-bond acceptors (Lipinski definition) is 11. The Hall–Kier alpha value is -5.47. The number of aryl methyl sites for hydroxylation is 1. The zero-order valence-corrected chi connectivity index (χ0v) is 35.4. The van der Waals surface area contributed by atoms with Crippen molar-refractivity contribution < 1.29 is 23.9 Å². The lowest BCUT2D eigenvalue weighted by Gasteiger charge is -2.55. The molecule has 1 unspecified atom stereocenters. The summed E-state index contributed by atoms with van der Waals surface area (Å²) >= 11 is 0. The van der Waals surface area contributed by atoms with Crippen LogP contribution >= 0.6 is 0 Å². The average molecular weight is 827 g/mol. The number of anilines is 2. The molecule has 5 saturated heterocycles. The molecule has 0 radical (unpaired) electrons. The fourth-order valence-electron chi connectivity index (χ4n) is 11.2. The third kappa shape index (κ3) is 6.64. The Labute approximate surface area is 355 Å². The molecule has 6 aliphatic heterocycles. The summed E-state index contributed by atoms with van der Waals surface area (Å²) in [6, 6.07) is 11.8. The summed E-state index contributed by atoms with van der Waals surface area (Å²) < 4.78 is 13.7. The fourth-order valence-corrected chi connectivity index (χ4v) is 11.2. The van der Waals surface area contributed by atoms with Gasteiger partial charge in [0.1, 0.15) is 23.4 Å². The van der Waals surface area contributed by atoms with Crippen molar-refractivity contribution in [1.29, 1.82) is 0 Å². The minimum Gasteiger partial charge on any atom is -0.496 e. The van der Waals surface area contributed by atoms with Gasteiger partial charge in [0.05, 0.1) is 25.2 Å². The van der Waals surface area contributed by atoms with Crippen LogP contribution in [0.3, 0.4) is 0 Å². The smallest absolute Gasteiger partial charge is 0.259 e. The predicted octanol–water partition coefficient (Wildman–Crippen LogP) is 4.01. The summed E-state index contributed by atoms with van der Waals surface area (Å²) in [5.74, 6) is 2.34. The lowest BCUT2D eigenvalue weighted by molar-refractivity contribution is -0.136. The van der Waals surface area contributed by atoms with Crippen LogP contribution in [0.5, 0.6) is 11.5 Å². The number of aromatic nitrogens is 2. The van der Waals surface area contributed by atoms with Crippen molar-refractivity contribution in [2.24, 2.45) is 23.8 Å². The normalized spacial score (nSPS) is 23.2. The zero-order chi connectivity index (χ0) is 41.8. The number of hydrogen-bond donors (Lipinski definition) is 1. The molecule has 318 valence electrons. The van der Waals surface area contributed by atoms with Crippen molar-refractivity contribution in [2.45, 2.75) is 57.7 Å². The number of rotatable bonds is 10. The van der Waals surface area contributed by atoms with E-state index in [1.54, 1.807) is 36.9 Å². The number of likely N-dealkylation sites (tertiary alicyclic amines) is 2. The number of nitrogens with zero attached hydrogens (tertiary/aromatic N) is 7. The third-order valence-corrected chi connectivity index (χ3v) is 15.1. The molecule has 1 atom stereocenters. The molecule has 11 rings (SSSR count). The summed E-state index contributed by atoms with van der Waals surface area (Å²) in [6.07, 6.45) is 9.25. The molecular formula is C47H54N8O6. The minimum atomic E-state index is -0.592. The molecule has 2 spiro atoms. The first-order chi connectivity index (χ1) is 29.5. The molecule has 7 aliphatic rings. The van der Waals surface area contributed by atoms with Gasteiger partial charge in [-0.15, -0.1) is 0 Å². The van der Waals surface area contributed by atoms with Gasteiger partial charge < -0.3 is 33.6 Å². The van der Waals surface area contributed by atoms with Crippen LogP contribution in [0.4, 0.5) is 11.5 Å². The van der Waals surface area contributed by atoms with Gasteiger partial charge in [-0.25, -0.2) is 4.98 Å². The lowest BCUT2D eigenvalue weighted by Crippen LogP contribution is -2.61. The Kier molecular flexibility index (Phi) is 9.01. The van der Waals surface area contributed by atoms with Gasteiger partial charge in [-0.1, -0.05) is 6.07 Å². The highest BCUT2D eigenvalue weighted by Crippen LogP contribution is 2.54. The van der Waals surface area contributed by atoms with Crippen LogP contribution in [-0.4, -0.2) is 121 Å². The predicted molar refractivity (Wildman–Crippen MR) is 231 cm³/mol. The van der Waals surface area contributed by atoms with Crippen LogP contribution in [0.2, 0.25) is 0 Å². The zero-order valence-electron chi connectivity index (χ0n) is 35.4. The van der Waals surface area contributed by atoms with E-state index < -0.39 is 6.04 Å². The summed E-state index contributed by atoms with van der Waals surface area (Å²) in [6.45, 7) is 10.6. The topological polar surface area (TPSA) is 133 Å². The monoisotopic (exact) mass is 826 g/mol. The van der Waals surface area contributed by atoms with Crippen molar-refractivity contribution in [3.63, 3.8) is 0 Å². The molecule has 8 heterocycles. The summed E-state index contributed by atoms with van der Waals surface area (Å²) in [5.41, 5.74) is 6.38. The highest BCUT2D eigenvalue weighted by Gasteiger charge is 2.53. The van der Waals surface area contributed by atoms with Gasteiger partial charge in [-0.2, -0.15) is 0 Å². The largest absolute Gasteiger partial charge is 0.496 e.